The van der Waals surface area contributed by atoms with Gasteiger partial charge in [0.25, 0.3) is 11.4 Å². The Hall–Kier alpha value is -8.32. The molecule has 8 nitrogen and oxygen atoms in total. The largest absolute Gasteiger partial charge is 0.503 e. The molecule has 10 aromatic rings. The maximum Gasteiger partial charge on any atom is 0.503 e. The maximum absolute atomic E-state index is 9.09. The highest BCUT2D eigenvalue weighted by Crippen LogP contribution is 2.46. The number of rotatable bonds is 8. The zero-order valence-corrected chi connectivity index (χ0v) is 37.7. The van der Waals surface area contributed by atoms with E-state index in [0.717, 1.165) is 27.6 Å². The van der Waals surface area contributed by atoms with Crippen LogP contribution in [-0.2, 0) is 10.8 Å². The van der Waals surface area contributed by atoms with Crippen molar-refractivity contribution in [2.75, 3.05) is 0 Å². The van der Waals surface area contributed by atoms with Crippen LogP contribution in [0.1, 0.15) is 66.9 Å². The minimum absolute atomic E-state index is 0.140. The molecule has 0 spiro atoms. The number of ether oxygens (including phenoxy) is 1. The number of hydrogen-bond donors (Lipinski definition) is 0. The number of para-hydroxylation sites is 4. The first kappa shape index (κ1) is 31.5. The van der Waals surface area contributed by atoms with Crippen molar-refractivity contribution in [2.24, 2.45) is 0 Å². The predicted octanol–water partition coefficient (Wildman–Crippen LogP) is 14.6. The lowest BCUT2D eigenvalue weighted by molar-refractivity contribution is 0.481. The van der Waals surface area contributed by atoms with Crippen molar-refractivity contribution < 1.29 is 18.4 Å². The quantitative estimate of drug-likeness (QED) is 0.142. The van der Waals surface area contributed by atoms with Gasteiger partial charge < -0.3 is 4.74 Å². The molecule has 0 saturated carbocycles. The van der Waals surface area contributed by atoms with Crippen molar-refractivity contribution in [3.05, 3.63) is 200 Å². The van der Waals surface area contributed by atoms with Crippen molar-refractivity contribution in [1.29, 1.82) is 0 Å². The first-order valence-corrected chi connectivity index (χ1v) is 21.9. The lowest BCUT2D eigenvalue weighted by Crippen LogP contribution is -2.24. The van der Waals surface area contributed by atoms with Gasteiger partial charge in [0.15, 0.2) is 5.82 Å². The molecule has 1 aliphatic heterocycles. The van der Waals surface area contributed by atoms with E-state index in [-0.39, 0.29) is 27.9 Å². The molecule has 324 valence electrons. The average Bonchev–Trinajstić information content (AvgIpc) is 4.15. The first-order valence-electron chi connectivity index (χ1n) is 26.9. The number of benzene rings is 7. The summed E-state index contributed by atoms with van der Waals surface area (Å²) in [6.07, 6.45) is 1.76. The smallest absolute Gasteiger partial charge is 0.456 e. The van der Waals surface area contributed by atoms with Gasteiger partial charge in [0.1, 0.15) is 29.0 Å². The highest BCUT2D eigenvalue weighted by molar-refractivity contribution is 6.11. The molecule has 3 aromatic heterocycles. The van der Waals surface area contributed by atoms with Crippen LogP contribution in [-0.4, -0.2) is 30.5 Å². The van der Waals surface area contributed by atoms with Gasteiger partial charge in [0.2, 0.25) is 11.4 Å². The summed E-state index contributed by atoms with van der Waals surface area (Å²) in [5, 5.41) is 1.93. The molecular formula is C59H49N7O+2. The van der Waals surface area contributed by atoms with Crippen molar-refractivity contribution in [1.82, 2.24) is 33.7 Å². The zero-order valence-electron chi connectivity index (χ0n) is 47.7. The molecule has 0 aliphatic carbocycles. The van der Waals surface area contributed by atoms with Gasteiger partial charge in [-0.05, 0) is 62.7 Å². The topological polar surface area (TPSA) is 71.7 Å². The zero-order chi connectivity index (χ0) is 54.6. The molecule has 0 N–H and O–H groups in total. The number of hydrogen-bond acceptors (Lipinski definition) is 5. The molecular weight excluding hydrogens is 823 g/mol. The first-order chi connectivity index (χ1) is 36.6. The van der Waals surface area contributed by atoms with Crippen LogP contribution in [0, 0.1) is 0 Å². The highest BCUT2D eigenvalue weighted by atomic mass is 16.5. The Labute approximate surface area is 404 Å². The van der Waals surface area contributed by atoms with Crippen LogP contribution in [0.5, 0.6) is 11.5 Å². The Morgan fingerprint density at radius 1 is 0.552 bits per heavy atom. The Morgan fingerprint density at radius 2 is 1.16 bits per heavy atom. The lowest BCUT2D eigenvalue weighted by atomic mass is 9.93. The monoisotopic (exact) mass is 881 g/mol. The summed E-state index contributed by atoms with van der Waals surface area (Å²) < 4.78 is 100. The lowest BCUT2D eigenvalue weighted by Gasteiger charge is -2.23. The van der Waals surface area contributed by atoms with Crippen molar-refractivity contribution in [2.45, 2.75) is 52.4 Å². The molecule has 8 heteroatoms. The van der Waals surface area contributed by atoms with E-state index in [9.17, 15) is 0 Å². The van der Waals surface area contributed by atoms with E-state index in [1.807, 2.05) is 84.9 Å². The standard InChI is InChI=1S/C59H49N7O/c1-58(2,3)56-61-55(62-57(63-56)59(4,5)6)47-36-46-45-27-13-14-30-48(45)66(53-33-17-18-34-60-53)51(46)37-52(47)67-42-26-19-25-41(35-42)64-38-65(50-32-16-15-31-49(50)64)54-43(39-21-9-7-10-22-39)28-20-29-44(54)40-23-11-8-12-24-40/h7-37H,1-6H3/q+2/i7D,8D,9D,10D,11D,12D,21D,22D,23D,24D. The van der Waals surface area contributed by atoms with Gasteiger partial charge in [-0.3, -0.25) is 4.57 Å². The Kier molecular flexibility index (Phi) is 7.66. The molecule has 1 aliphatic rings. The van der Waals surface area contributed by atoms with Crippen LogP contribution in [0.2, 0.25) is 0 Å². The summed E-state index contributed by atoms with van der Waals surface area (Å²) >= 11 is 0. The van der Waals surface area contributed by atoms with E-state index in [1.54, 1.807) is 33.5 Å². The second-order valence-corrected chi connectivity index (χ2v) is 18.3. The van der Waals surface area contributed by atoms with Crippen LogP contribution < -0.4 is 13.9 Å². The molecule has 0 unspecified atom stereocenters. The molecule has 0 radical (unpaired) electrons. The third-order valence-electron chi connectivity index (χ3n) is 11.5. The van der Waals surface area contributed by atoms with Crippen LogP contribution in [0.4, 0.5) is 22.7 Å². The van der Waals surface area contributed by atoms with Crippen molar-refractivity contribution >= 4 is 50.6 Å². The number of pyridine rings is 1. The summed E-state index contributed by atoms with van der Waals surface area (Å²) in [6, 6.07) is 35.6. The summed E-state index contributed by atoms with van der Waals surface area (Å²) in [4.78, 5) is 20.0. The number of aromatic nitrogens is 5. The van der Waals surface area contributed by atoms with Gasteiger partial charge in [-0.25, -0.2) is 19.9 Å². The average molecular weight is 882 g/mol. The number of fused-ring (bicyclic) bond motifs is 4. The van der Waals surface area contributed by atoms with Gasteiger partial charge in [-0.2, -0.15) is 0 Å². The van der Waals surface area contributed by atoms with Crippen LogP contribution >= 0.6 is 0 Å². The SMILES string of the molecule is [2H]c1c([2H])c([2H])c(-c2cccc(-c3c([2H])c([2H])c([2H])c([2H])c3[2H])c2[N+]2=C=[N+](c3cccc(Oc4cc5c(cc4-c4nc(C(C)(C)C)nc(C(C)(C)C)n4)c4ccccc4n5-c4ccccn4)c3)c3ccccc32)c([2H])c1[2H]. The van der Waals surface area contributed by atoms with Crippen LogP contribution in [0.15, 0.2) is 188 Å². The number of nitrogens with zero attached hydrogens (tertiary/aromatic N) is 7. The summed E-state index contributed by atoms with van der Waals surface area (Å²) in [7, 11) is 0. The molecule has 67 heavy (non-hydrogen) atoms. The molecule has 0 bridgehead atoms. The van der Waals surface area contributed by atoms with E-state index >= 15 is 0 Å². The third-order valence-corrected chi connectivity index (χ3v) is 11.5. The van der Waals surface area contributed by atoms with E-state index in [2.05, 4.69) is 70.3 Å². The summed E-state index contributed by atoms with van der Waals surface area (Å²) in [5.74, 6) is 3.30. The fraction of sp³-hybridized carbons (Fsp3) is 0.136. The Bertz CT molecular complexity index is 4040. The van der Waals surface area contributed by atoms with Gasteiger partial charge in [0.05, 0.1) is 47.5 Å². The second kappa shape index (κ2) is 16.3. The normalized spacial score (nSPS) is 14.7. The van der Waals surface area contributed by atoms with Crippen LogP contribution in [0.3, 0.4) is 0 Å². The van der Waals surface area contributed by atoms with Gasteiger partial charge >= 0.3 is 6.01 Å². The van der Waals surface area contributed by atoms with E-state index in [4.69, 9.17) is 38.4 Å². The molecule has 7 aromatic carbocycles. The van der Waals surface area contributed by atoms with Gasteiger partial charge in [-0.1, -0.05) is 150 Å². The van der Waals surface area contributed by atoms with E-state index in [0.29, 0.717) is 51.6 Å². The maximum atomic E-state index is 9.09. The second-order valence-electron chi connectivity index (χ2n) is 18.3. The van der Waals surface area contributed by atoms with Crippen molar-refractivity contribution in [3.8, 4) is 51.0 Å². The molecule has 11 rings (SSSR count). The predicted molar refractivity (Wildman–Crippen MR) is 273 cm³/mol. The summed E-state index contributed by atoms with van der Waals surface area (Å²) in [5.41, 5.74) is 3.42. The Morgan fingerprint density at radius 3 is 1.81 bits per heavy atom. The summed E-state index contributed by atoms with van der Waals surface area (Å²) in [6.45, 7) is 12.4. The molecule has 4 heterocycles. The van der Waals surface area contributed by atoms with Crippen LogP contribution in [0.25, 0.3) is 61.3 Å². The molecule has 0 saturated heterocycles. The van der Waals surface area contributed by atoms with Gasteiger partial charge in [-0.15, -0.1) is 0 Å². The minimum Gasteiger partial charge on any atom is -0.456 e. The van der Waals surface area contributed by atoms with E-state index < -0.39 is 71.3 Å². The highest BCUT2D eigenvalue weighted by Gasteiger charge is 2.39. The molecule has 0 amide bonds. The van der Waals surface area contributed by atoms with E-state index in [1.165, 1.54) is 0 Å². The molecule has 0 atom stereocenters. The fourth-order valence-electron chi connectivity index (χ4n) is 8.34. The molecule has 0 fully saturated rings. The van der Waals surface area contributed by atoms with Gasteiger partial charge in [0, 0.05) is 52.1 Å². The third kappa shape index (κ3) is 7.57. The van der Waals surface area contributed by atoms with Crippen molar-refractivity contribution in [3.63, 3.8) is 0 Å². The Balaban J connectivity index is 1.16. The minimum atomic E-state index is -0.578. The fourth-order valence-corrected chi connectivity index (χ4v) is 8.34.